The summed E-state index contributed by atoms with van der Waals surface area (Å²) in [5.41, 5.74) is 0.0187. The maximum Gasteiger partial charge on any atom is 0.360 e. The number of nitrogens with zero attached hydrogens (tertiary/aromatic N) is 5. The van der Waals surface area contributed by atoms with Crippen LogP contribution in [0.4, 0.5) is 6.01 Å². The molecule has 10 heteroatoms. The number of nitrogens with one attached hydrogen (secondary N) is 1. The molecule has 0 aliphatic carbocycles. The Balaban J connectivity index is 1.94. The second-order valence-electron chi connectivity index (χ2n) is 4.44. The van der Waals surface area contributed by atoms with Gasteiger partial charge in [-0.05, 0) is 0 Å². The van der Waals surface area contributed by atoms with E-state index in [9.17, 15) is 9.59 Å². The molecule has 21 heavy (non-hydrogen) atoms. The summed E-state index contributed by atoms with van der Waals surface area (Å²) in [7, 11) is 1.23. The highest BCUT2D eigenvalue weighted by atomic mass is 16.5. The van der Waals surface area contributed by atoms with Crippen LogP contribution in [0.25, 0.3) is 0 Å². The van der Waals surface area contributed by atoms with E-state index < -0.39 is 11.9 Å². The summed E-state index contributed by atoms with van der Waals surface area (Å²) in [5.74, 6) is -0.560. The number of carbonyl (C=O) groups is 2. The van der Waals surface area contributed by atoms with Crippen LogP contribution in [0.5, 0.6) is 0 Å². The van der Waals surface area contributed by atoms with Crippen molar-refractivity contribution in [3.63, 3.8) is 0 Å². The van der Waals surface area contributed by atoms with E-state index in [1.165, 1.54) is 18.0 Å². The van der Waals surface area contributed by atoms with Crippen LogP contribution >= 0.6 is 0 Å². The first-order valence-electron chi connectivity index (χ1n) is 6.11. The Labute approximate surface area is 119 Å². The van der Waals surface area contributed by atoms with Gasteiger partial charge in [-0.15, -0.1) is 10.2 Å². The molecule has 2 aromatic rings. The summed E-state index contributed by atoms with van der Waals surface area (Å²) in [4.78, 5) is 23.0. The molecule has 0 radical (unpaired) electrons. The number of carbonyl (C=O) groups excluding carboxylic acids is 2. The number of methoxy groups -OCH3 is 1. The molecule has 2 aromatic heterocycles. The quantitative estimate of drug-likeness (QED) is 0.776. The van der Waals surface area contributed by atoms with Gasteiger partial charge < -0.3 is 9.15 Å². The fourth-order valence-corrected chi connectivity index (χ4v) is 1.40. The highest BCUT2D eigenvalue weighted by Gasteiger charge is 2.15. The molecule has 10 nitrogen and oxygen atoms in total. The van der Waals surface area contributed by atoms with Crippen molar-refractivity contribution in [3.05, 3.63) is 17.8 Å². The second kappa shape index (κ2) is 6.11. The smallest absolute Gasteiger partial charge is 0.360 e. The molecule has 0 fully saturated rings. The van der Waals surface area contributed by atoms with Gasteiger partial charge in [0.15, 0.2) is 5.69 Å². The van der Waals surface area contributed by atoms with Crippen molar-refractivity contribution in [2.24, 2.45) is 0 Å². The Morgan fingerprint density at radius 1 is 1.38 bits per heavy atom. The molecular weight excluding hydrogens is 280 g/mol. The fraction of sp³-hybridized carbons (Fsp3) is 0.455. The summed E-state index contributed by atoms with van der Waals surface area (Å²) < 4.78 is 10.9. The van der Waals surface area contributed by atoms with Gasteiger partial charge in [0.05, 0.1) is 13.3 Å². The molecule has 0 saturated heterocycles. The summed E-state index contributed by atoms with van der Waals surface area (Å²) in [5, 5.41) is 17.1. The van der Waals surface area contributed by atoms with Crippen LogP contribution in [0.1, 0.15) is 36.1 Å². The third-order valence-corrected chi connectivity index (χ3v) is 2.42. The zero-order chi connectivity index (χ0) is 15.4. The predicted molar refractivity (Wildman–Crippen MR) is 68.4 cm³/mol. The lowest BCUT2D eigenvalue weighted by Gasteiger charge is -2.00. The van der Waals surface area contributed by atoms with E-state index in [0.717, 1.165) is 0 Å². The molecule has 0 aromatic carbocycles. The Morgan fingerprint density at radius 2 is 2.14 bits per heavy atom. The number of hydrogen-bond acceptors (Lipinski definition) is 8. The summed E-state index contributed by atoms with van der Waals surface area (Å²) in [6.07, 6.45) is 1.30. The first kappa shape index (κ1) is 14.6. The van der Waals surface area contributed by atoms with Crippen molar-refractivity contribution >= 4 is 17.9 Å². The predicted octanol–water partition coefficient (Wildman–Crippen LogP) is 0.210. The molecule has 2 heterocycles. The number of aromatic nitrogens is 5. The van der Waals surface area contributed by atoms with Gasteiger partial charge in [0, 0.05) is 5.92 Å². The van der Waals surface area contributed by atoms with Gasteiger partial charge >= 0.3 is 12.0 Å². The number of esters is 1. The van der Waals surface area contributed by atoms with Crippen molar-refractivity contribution < 1.29 is 18.7 Å². The van der Waals surface area contributed by atoms with E-state index in [0.29, 0.717) is 5.89 Å². The Kier molecular flexibility index (Phi) is 4.26. The maximum atomic E-state index is 11.8. The van der Waals surface area contributed by atoms with Gasteiger partial charge in [0.1, 0.15) is 6.54 Å². The van der Waals surface area contributed by atoms with Crippen LogP contribution in [0.15, 0.2) is 10.6 Å². The monoisotopic (exact) mass is 294 g/mol. The van der Waals surface area contributed by atoms with E-state index in [-0.39, 0.29) is 24.2 Å². The lowest BCUT2D eigenvalue weighted by Crippen LogP contribution is -2.19. The Bertz CT molecular complexity index is 647. The molecule has 0 bridgehead atoms. The van der Waals surface area contributed by atoms with Gasteiger partial charge in [-0.2, -0.15) is 0 Å². The standard InChI is InChI=1S/C11H14N6O4/c1-6(2)9-14-15-11(21-9)12-8(18)5-17-4-7(13-16-17)10(19)20-3/h4,6H,5H2,1-3H3,(H,12,15,18). The normalized spacial score (nSPS) is 10.7. The van der Waals surface area contributed by atoms with Gasteiger partial charge in [-0.1, -0.05) is 24.2 Å². The summed E-state index contributed by atoms with van der Waals surface area (Å²) >= 11 is 0. The van der Waals surface area contributed by atoms with E-state index in [1.54, 1.807) is 0 Å². The van der Waals surface area contributed by atoms with Gasteiger partial charge in [0.25, 0.3) is 0 Å². The number of hydrogen-bond donors (Lipinski definition) is 1. The number of amides is 1. The van der Waals surface area contributed by atoms with Crippen LogP contribution in [0, 0.1) is 0 Å². The molecule has 0 aliphatic heterocycles. The number of ether oxygens (including phenoxy) is 1. The molecule has 0 spiro atoms. The van der Waals surface area contributed by atoms with E-state index >= 15 is 0 Å². The summed E-state index contributed by atoms with van der Waals surface area (Å²) in [6.45, 7) is 3.63. The van der Waals surface area contributed by atoms with Crippen LogP contribution in [-0.2, 0) is 16.1 Å². The minimum Gasteiger partial charge on any atom is -0.464 e. The largest absolute Gasteiger partial charge is 0.464 e. The van der Waals surface area contributed by atoms with Crippen molar-refractivity contribution in [3.8, 4) is 0 Å². The Morgan fingerprint density at radius 3 is 2.76 bits per heavy atom. The van der Waals surface area contributed by atoms with E-state index in [4.69, 9.17) is 4.42 Å². The minimum atomic E-state index is -0.625. The highest BCUT2D eigenvalue weighted by molar-refractivity contribution is 5.89. The van der Waals surface area contributed by atoms with Crippen LogP contribution in [0.3, 0.4) is 0 Å². The second-order valence-corrected chi connectivity index (χ2v) is 4.44. The molecule has 2 rings (SSSR count). The lowest BCUT2D eigenvalue weighted by molar-refractivity contribution is -0.117. The Hall–Kier alpha value is -2.78. The molecule has 112 valence electrons. The molecule has 0 aliphatic rings. The molecule has 1 N–H and O–H groups in total. The molecular formula is C11H14N6O4. The SMILES string of the molecule is COC(=O)c1cn(CC(=O)Nc2nnc(C(C)C)o2)nn1. The molecule has 1 amide bonds. The number of rotatable bonds is 5. The van der Waals surface area contributed by atoms with Crippen LogP contribution in [-0.4, -0.2) is 44.2 Å². The van der Waals surface area contributed by atoms with E-state index in [2.05, 4.69) is 30.6 Å². The first-order valence-corrected chi connectivity index (χ1v) is 6.11. The van der Waals surface area contributed by atoms with E-state index in [1.807, 2.05) is 13.8 Å². The van der Waals surface area contributed by atoms with Crippen molar-refractivity contribution in [2.45, 2.75) is 26.3 Å². The highest BCUT2D eigenvalue weighted by Crippen LogP contribution is 2.14. The average molecular weight is 294 g/mol. The topological polar surface area (TPSA) is 125 Å². The maximum absolute atomic E-state index is 11.8. The third kappa shape index (κ3) is 3.61. The zero-order valence-electron chi connectivity index (χ0n) is 11.7. The minimum absolute atomic E-state index is 0.0111. The van der Waals surface area contributed by atoms with Crippen molar-refractivity contribution in [1.82, 2.24) is 25.2 Å². The molecule has 0 saturated carbocycles. The van der Waals surface area contributed by atoms with Gasteiger partial charge in [-0.3, -0.25) is 10.1 Å². The lowest BCUT2D eigenvalue weighted by atomic mass is 10.2. The molecule has 0 unspecified atom stereocenters. The van der Waals surface area contributed by atoms with Crippen molar-refractivity contribution in [2.75, 3.05) is 12.4 Å². The van der Waals surface area contributed by atoms with Gasteiger partial charge in [0.2, 0.25) is 11.8 Å². The van der Waals surface area contributed by atoms with Crippen molar-refractivity contribution in [1.29, 1.82) is 0 Å². The first-order chi connectivity index (χ1) is 9.99. The van der Waals surface area contributed by atoms with Gasteiger partial charge in [-0.25, -0.2) is 9.48 Å². The molecule has 0 atom stereocenters. The third-order valence-electron chi connectivity index (χ3n) is 2.42. The number of anilines is 1. The summed E-state index contributed by atoms with van der Waals surface area (Å²) in [6, 6.07) is 0.0111. The fourth-order valence-electron chi connectivity index (χ4n) is 1.40. The average Bonchev–Trinajstić information content (AvgIpc) is 3.07. The van der Waals surface area contributed by atoms with Crippen LogP contribution < -0.4 is 5.32 Å². The van der Waals surface area contributed by atoms with Crippen LogP contribution in [0.2, 0.25) is 0 Å². The zero-order valence-corrected chi connectivity index (χ0v) is 11.7.